The number of hydrogen-bond donors (Lipinski definition) is 1. The second kappa shape index (κ2) is 15.1. The molecule has 1 N–H and O–H groups in total. The van der Waals surface area contributed by atoms with Crippen molar-refractivity contribution in [2.24, 2.45) is 45.8 Å². The van der Waals surface area contributed by atoms with Gasteiger partial charge in [-0.2, -0.15) is 8.61 Å². The lowest BCUT2D eigenvalue weighted by Gasteiger charge is -2.34. The van der Waals surface area contributed by atoms with Crippen LogP contribution < -0.4 is 0 Å². The summed E-state index contributed by atoms with van der Waals surface area (Å²) in [6.07, 6.45) is 2.65. The van der Waals surface area contributed by atoms with Crippen LogP contribution >= 0.6 is 0 Å². The van der Waals surface area contributed by atoms with Crippen molar-refractivity contribution in [3.63, 3.8) is 0 Å². The van der Waals surface area contributed by atoms with Gasteiger partial charge in [0.15, 0.2) is 0 Å². The Balaban J connectivity index is 1.59. The first-order valence-electron chi connectivity index (χ1n) is 17.5. The van der Waals surface area contributed by atoms with Gasteiger partial charge in [-0.1, -0.05) is 77.3 Å². The number of rotatable bonds is 10. The monoisotopic (exact) mass is 730 g/mol. The van der Waals surface area contributed by atoms with Gasteiger partial charge in [-0.05, 0) is 66.7 Å². The summed E-state index contributed by atoms with van der Waals surface area (Å²) in [6.45, 7) is 14.9. The standard InChI is InChI=1S/C36H50N4O8S2/c1-8-26(6)27(7)36(41)47-21-48-38-35-32-15-28(49(43,44)39-17-22(2)13-23(3)18-39)9-11-30(32)34(37-42)31-12-10-29(16-33(31)35)50(45,46)40-19-24(4)14-25(5)20-40/h9-12,15-16,22-27,42H,8,13-14,17-21H2,1-7H3/t22-,23+,24-,25+,26?,27?. The molecule has 5 rings (SSSR count). The third-order valence-electron chi connectivity index (χ3n) is 10.3. The molecule has 274 valence electrons. The van der Waals surface area contributed by atoms with Gasteiger partial charge in [0.05, 0.1) is 15.7 Å². The molecule has 2 aromatic carbocycles. The number of sulfonamides is 2. The number of hydrogen-bond acceptors (Lipinski definition) is 10. The molecule has 0 spiro atoms. The molecule has 2 aliphatic heterocycles. The lowest BCUT2D eigenvalue weighted by atomic mass is 9.83. The van der Waals surface area contributed by atoms with Gasteiger partial charge < -0.3 is 14.8 Å². The molecule has 50 heavy (non-hydrogen) atoms. The highest BCUT2D eigenvalue weighted by atomic mass is 32.2. The Morgan fingerprint density at radius 1 is 0.780 bits per heavy atom. The molecule has 6 atom stereocenters. The molecule has 0 aromatic heterocycles. The van der Waals surface area contributed by atoms with Crippen molar-refractivity contribution in [1.29, 1.82) is 0 Å². The number of oxime groups is 2. The number of esters is 1. The number of benzene rings is 2. The quantitative estimate of drug-likeness (QED) is 0.0942. The van der Waals surface area contributed by atoms with Crippen LogP contribution in [0.3, 0.4) is 0 Å². The van der Waals surface area contributed by atoms with Crippen LogP contribution in [-0.4, -0.2) is 81.0 Å². The summed E-state index contributed by atoms with van der Waals surface area (Å²) in [7, 11) is -7.87. The molecule has 2 saturated heterocycles. The van der Waals surface area contributed by atoms with E-state index in [2.05, 4.69) is 10.3 Å². The first-order chi connectivity index (χ1) is 23.6. The molecule has 14 heteroatoms. The van der Waals surface area contributed by atoms with E-state index in [0.717, 1.165) is 19.3 Å². The lowest BCUT2D eigenvalue weighted by molar-refractivity contribution is -0.162. The highest BCUT2D eigenvalue weighted by Gasteiger charge is 2.37. The Bertz CT molecular complexity index is 1750. The number of carbonyl (C=O) groups is 1. The van der Waals surface area contributed by atoms with Gasteiger partial charge >= 0.3 is 5.97 Å². The average molecular weight is 731 g/mol. The molecule has 1 aliphatic carbocycles. The zero-order valence-corrected chi connectivity index (χ0v) is 31.6. The summed E-state index contributed by atoms with van der Waals surface area (Å²) in [4.78, 5) is 18.2. The van der Waals surface area contributed by atoms with Gasteiger partial charge in [0.1, 0.15) is 11.4 Å². The molecule has 12 nitrogen and oxygen atoms in total. The zero-order chi connectivity index (χ0) is 36.5. The van der Waals surface area contributed by atoms with Crippen molar-refractivity contribution in [3.8, 4) is 0 Å². The van der Waals surface area contributed by atoms with E-state index in [-0.39, 0.29) is 67.8 Å². The van der Waals surface area contributed by atoms with Gasteiger partial charge in [0.2, 0.25) is 20.0 Å². The van der Waals surface area contributed by atoms with Gasteiger partial charge in [0.25, 0.3) is 6.79 Å². The first-order valence-corrected chi connectivity index (χ1v) is 20.3. The number of nitrogens with zero attached hydrogens (tertiary/aromatic N) is 4. The van der Waals surface area contributed by atoms with Crippen LogP contribution in [-0.2, 0) is 34.4 Å². The molecule has 2 aromatic rings. The minimum Gasteiger partial charge on any atom is -0.425 e. The van der Waals surface area contributed by atoms with E-state index in [1.54, 1.807) is 19.1 Å². The largest absolute Gasteiger partial charge is 0.425 e. The number of piperidine rings is 2. The fraction of sp³-hybridized carbons (Fsp3) is 0.583. The summed E-state index contributed by atoms with van der Waals surface area (Å²) in [5.41, 5.74) is 1.51. The predicted molar refractivity (Wildman–Crippen MR) is 190 cm³/mol. The van der Waals surface area contributed by atoms with E-state index < -0.39 is 32.8 Å². The Morgan fingerprint density at radius 3 is 1.62 bits per heavy atom. The maximum atomic E-state index is 14.0. The van der Waals surface area contributed by atoms with Crippen LogP contribution in [0.2, 0.25) is 0 Å². The summed E-state index contributed by atoms with van der Waals surface area (Å²) in [5.74, 6) is 0.0383. The highest BCUT2D eigenvalue weighted by Crippen LogP contribution is 2.35. The average Bonchev–Trinajstić information content (AvgIpc) is 3.07. The normalized spacial score (nSPS) is 24.5. The van der Waals surface area contributed by atoms with E-state index >= 15 is 0 Å². The van der Waals surface area contributed by atoms with Crippen molar-refractivity contribution < 1.29 is 36.4 Å². The van der Waals surface area contributed by atoms with Crippen molar-refractivity contribution in [2.45, 2.75) is 77.5 Å². The Labute approximate surface area is 296 Å². The fourth-order valence-electron chi connectivity index (χ4n) is 7.46. The Kier molecular flexibility index (Phi) is 11.5. The van der Waals surface area contributed by atoms with Crippen LogP contribution in [0.15, 0.2) is 56.5 Å². The molecule has 2 heterocycles. The van der Waals surface area contributed by atoms with E-state index in [4.69, 9.17) is 9.57 Å². The van der Waals surface area contributed by atoms with E-state index in [0.29, 0.717) is 37.3 Å². The van der Waals surface area contributed by atoms with Crippen LogP contribution in [0.4, 0.5) is 0 Å². The summed E-state index contributed by atoms with van der Waals surface area (Å²) >= 11 is 0. The van der Waals surface area contributed by atoms with Gasteiger partial charge in [-0.15, -0.1) is 0 Å². The van der Waals surface area contributed by atoms with Gasteiger partial charge in [-0.3, -0.25) is 4.79 Å². The molecular formula is C36H50N4O8S2. The van der Waals surface area contributed by atoms with E-state index in [1.807, 2.05) is 41.5 Å². The molecule has 0 saturated carbocycles. The topological polar surface area (TPSA) is 155 Å². The predicted octanol–water partition coefficient (Wildman–Crippen LogP) is 5.51. The van der Waals surface area contributed by atoms with E-state index in [1.165, 1.54) is 32.9 Å². The number of ether oxygens (including phenoxy) is 1. The minimum atomic E-state index is -3.94. The lowest BCUT2D eigenvalue weighted by Crippen LogP contribution is -2.42. The first kappa shape index (κ1) is 37.9. The van der Waals surface area contributed by atoms with Crippen LogP contribution in [0.25, 0.3) is 0 Å². The van der Waals surface area contributed by atoms with Crippen LogP contribution in [0.1, 0.15) is 90.0 Å². The minimum absolute atomic E-state index is 0.0138. The third kappa shape index (κ3) is 7.63. The van der Waals surface area contributed by atoms with Crippen LogP contribution in [0, 0.1) is 35.5 Å². The molecule has 0 amide bonds. The van der Waals surface area contributed by atoms with Crippen molar-refractivity contribution in [1.82, 2.24) is 8.61 Å². The molecule has 3 aliphatic rings. The van der Waals surface area contributed by atoms with Crippen molar-refractivity contribution >= 4 is 37.4 Å². The number of carbonyl (C=O) groups excluding carboxylic acids is 1. The molecule has 0 radical (unpaired) electrons. The smallest absolute Gasteiger partial charge is 0.311 e. The van der Waals surface area contributed by atoms with Crippen LogP contribution in [0.5, 0.6) is 0 Å². The Morgan fingerprint density at radius 2 is 1.22 bits per heavy atom. The summed E-state index contributed by atoms with van der Waals surface area (Å²) < 4.78 is 64.3. The van der Waals surface area contributed by atoms with Crippen molar-refractivity contribution in [2.75, 3.05) is 33.0 Å². The summed E-state index contributed by atoms with van der Waals surface area (Å²) in [6, 6.07) is 8.97. The molecular weight excluding hydrogens is 681 g/mol. The maximum absolute atomic E-state index is 14.0. The molecule has 2 fully saturated rings. The SMILES string of the molecule is CCC(C)C(C)C(=O)OCON=C1c2cc(S(=O)(=O)N3C[C@H](C)C[C@H](C)C3)ccc2C(=NO)c2ccc(S(=O)(=O)N3C[C@H](C)C[C@H](C)C3)cc21. The highest BCUT2D eigenvalue weighted by molar-refractivity contribution is 7.89. The van der Waals surface area contributed by atoms with Crippen molar-refractivity contribution in [3.05, 3.63) is 58.7 Å². The van der Waals surface area contributed by atoms with Gasteiger partial charge in [-0.25, -0.2) is 16.8 Å². The second-order valence-electron chi connectivity index (χ2n) is 14.7. The second-order valence-corrected chi connectivity index (χ2v) is 18.6. The fourth-order valence-corrected chi connectivity index (χ4v) is 10.9. The third-order valence-corrected chi connectivity index (χ3v) is 14.0. The van der Waals surface area contributed by atoms with Gasteiger partial charge in [0, 0.05) is 48.4 Å². The number of fused-ring (bicyclic) bond motifs is 2. The zero-order valence-electron chi connectivity index (χ0n) is 30.0. The molecule has 0 bridgehead atoms. The summed E-state index contributed by atoms with van der Waals surface area (Å²) in [5, 5.41) is 18.2. The van der Waals surface area contributed by atoms with E-state index in [9.17, 15) is 26.8 Å². The molecule has 2 unspecified atom stereocenters. The Hall–Kier alpha value is -3.33. The maximum Gasteiger partial charge on any atom is 0.311 e.